The van der Waals surface area contributed by atoms with Crippen molar-refractivity contribution in [2.45, 2.75) is 6.10 Å². The third-order valence-electron chi connectivity index (χ3n) is 4.35. The SMILES string of the molecule is Fc1ccc2c(c1)[nH]c1ncnc(N3CCO[C@@H](c4nn[nH]n4)C3)c12. The molecule has 3 aromatic heterocycles. The molecule has 1 saturated heterocycles. The Balaban J connectivity index is 1.61. The van der Waals surface area contributed by atoms with Crippen molar-refractivity contribution in [3.05, 3.63) is 36.2 Å². The Morgan fingerprint density at radius 2 is 2.24 bits per heavy atom. The van der Waals surface area contributed by atoms with Crippen molar-refractivity contribution < 1.29 is 9.13 Å². The van der Waals surface area contributed by atoms with E-state index in [1.807, 2.05) is 0 Å². The number of nitrogens with zero attached hydrogens (tertiary/aromatic N) is 6. The summed E-state index contributed by atoms with van der Waals surface area (Å²) in [6.07, 6.45) is 1.21. The van der Waals surface area contributed by atoms with Crippen LogP contribution in [0, 0.1) is 5.82 Å². The maximum Gasteiger partial charge on any atom is 0.205 e. The molecule has 0 aliphatic carbocycles. The van der Waals surface area contributed by atoms with E-state index in [0.717, 1.165) is 16.6 Å². The zero-order chi connectivity index (χ0) is 16.8. The lowest BCUT2D eigenvalue weighted by molar-refractivity contribution is 0.0339. The van der Waals surface area contributed by atoms with Crippen LogP contribution in [0.3, 0.4) is 0 Å². The summed E-state index contributed by atoms with van der Waals surface area (Å²) < 4.78 is 19.3. The van der Waals surface area contributed by atoms with Crippen molar-refractivity contribution >= 4 is 27.8 Å². The summed E-state index contributed by atoms with van der Waals surface area (Å²) in [5.41, 5.74) is 1.37. The second kappa shape index (κ2) is 5.45. The minimum Gasteiger partial charge on any atom is -0.366 e. The number of nitrogens with one attached hydrogen (secondary N) is 2. The molecule has 1 aliphatic heterocycles. The average molecular weight is 340 g/mol. The van der Waals surface area contributed by atoms with Crippen molar-refractivity contribution in [3.8, 4) is 0 Å². The van der Waals surface area contributed by atoms with Crippen LogP contribution in [0.2, 0.25) is 0 Å². The first-order valence-electron chi connectivity index (χ1n) is 7.81. The summed E-state index contributed by atoms with van der Waals surface area (Å²) in [5.74, 6) is 0.993. The van der Waals surface area contributed by atoms with E-state index < -0.39 is 0 Å². The van der Waals surface area contributed by atoms with Crippen LogP contribution in [0.25, 0.3) is 21.9 Å². The number of aromatic amines is 2. The molecule has 1 aromatic carbocycles. The van der Waals surface area contributed by atoms with Gasteiger partial charge in [-0.2, -0.15) is 5.21 Å². The number of benzene rings is 1. The summed E-state index contributed by atoms with van der Waals surface area (Å²) in [5, 5.41) is 15.8. The van der Waals surface area contributed by atoms with Crippen molar-refractivity contribution in [1.82, 2.24) is 35.6 Å². The fourth-order valence-corrected chi connectivity index (χ4v) is 3.23. The van der Waals surface area contributed by atoms with Crippen LogP contribution in [0.15, 0.2) is 24.5 Å². The first-order chi connectivity index (χ1) is 12.3. The number of halogens is 1. The number of ether oxygens (including phenoxy) is 1. The van der Waals surface area contributed by atoms with Crippen LogP contribution < -0.4 is 4.90 Å². The van der Waals surface area contributed by atoms with Gasteiger partial charge in [0, 0.05) is 11.9 Å². The quantitative estimate of drug-likeness (QED) is 0.567. The van der Waals surface area contributed by atoms with Gasteiger partial charge in [0.1, 0.15) is 29.7 Å². The molecule has 4 aromatic rings. The molecular formula is C15H13FN8O. The molecule has 1 aliphatic rings. The molecule has 9 nitrogen and oxygen atoms in total. The number of rotatable bonds is 2. The summed E-state index contributed by atoms with van der Waals surface area (Å²) in [6, 6.07) is 4.64. The van der Waals surface area contributed by atoms with Crippen LogP contribution in [-0.4, -0.2) is 55.3 Å². The van der Waals surface area contributed by atoms with E-state index >= 15 is 0 Å². The second-order valence-corrected chi connectivity index (χ2v) is 5.81. The number of H-pyrrole nitrogens is 2. The van der Waals surface area contributed by atoms with Crippen molar-refractivity contribution in [2.75, 3.05) is 24.6 Å². The van der Waals surface area contributed by atoms with E-state index in [9.17, 15) is 4.39 Å². The Kier molecular flexibility index (Phi) is 3.10. The fraction of sp³-hybridized carbons (Fsp3) is 0.267. The Hall–Kier alpha value is -3.14. The van der Waals surface area contributed by atoms with E-state index in [2.05, 4.69) is 40.5 Å². The Morgan fingerprint density at radius 1 is 1.28 bits per heavy atom. The highest BCUT2D eigenvalue weighted by atomic mass is 19.1. The molecule has 0 saturated carbocycles. The Bertz CT molecular complexity index is 1050. The first kappa shape index (κ1) is 14.2. The summed E-state index contributed by atoms with van der Waals surface area (Å²) in [6.45, 7) is 1.73. The summed E-state index contributed by atoms with van der Waals surface area (Å²) in [4.78, 5) is 14.0. The van der Waals surface area contributed by atoms with Gasteiger partial charge in [0.05, 0.1) is 24.1 Å². The smallest absolute Gasteiger partial charge is 0.205 e. The van der Waals surface area contributed by atoms with Crippen molar-refractivity contribution in [1.29, 1.82) is 0 Å². The molecule has 0 radical (unpaired) electrons. The normalized spacial score (nSPS) is 18.3. The van der Waals surface area contributed by atoms with Crippen LogP contribution in [0.4, 0.5) is 10.2 Å². The molecule has 25 heavy (non-hydrogen) atoms. The molecule has 4 heterocycles. The topological polar surface area (TPSA) is 109 Å². The number of tetrazole rings is 1. The second-order valence-electron chi connectivity index (χ2n) is 5.81. The van der Waals surface area contributed by atoms with E-state index in [4.69, 9.17) is 4.74 Å². The molecule has 5 rings (SSSR count). The number of hydrogen-bond donors (Lipinski definition) is 2. The maximum atomic E-state index is 13.5. The lowest BCUT2D eigenvalue weighted by Crippen LogP contribution is -2.39. The number of hydrogen-bond acceptors (Lipinski definition) is 7. The van der Waals surface area contributed by atoms with Gasteiger partial charge in [0.25, 0.3) is 0 Å². The average Bonchev–Trinajstić information content (AvgIpc) is 3.28. The number of morpholine rings is 1. The first-order valence-corrected chi connectivity index (χ1v) is 7.81. The van der Waals surface area contributed by atoms with Crippen molar-refractivity contribution in [2.24, 2.45) is 0 Å². The van der Waals surface area contributed by atoms with E-state index in [0.29, 0.717) is 36.7 Å². The van der Waals surface area contributed by atoms with Crippen molar-refractivity contribution in [3.63, 3.8) is 0 Å². The molecular weight excluding hydrogens is 327 g/mol. The molecule has 2 N–H and O–H groups in total. The van der Waals surface area contributed by atoms with Gasteiger partial charge in [0.15, 0.2) is 0 Å². The predicted molar refractivity (Wildman–Crippen MR) is 86.4 cm³/mol. The third-order valence-corrected chi connectivity index (χ3v) is 4.35. The molecule has 0 amide bonds. The van der Waals surface area contributed by atoms with Gasteiger partial charge in [-0.15, -0.1) is 10.2 Å². The van der Waals surface area contributed by atoms with Gasteiger partial charge in [-0.3, -0.25) is 0 Å². The van der Waals surface area contributed by atoms with Gasteiger partial charge >= 0.3 is 0 Å². The van der Waals surface area contributed by atoms with Crippen LogP contribution >= 0.6 is 0 Å². The lowest BCUT2D eigenvalue weighted by Gasteiger charge is -2.32. The van der Waals surface area contributed by atoms with Gasteiger partial charge in [-0.05, 0) is 18.2 Å². The van der Waals surface area contributed by atoms with Crippen LogP contribution in [0.5, 0.6) is 0 Å². The maximum absolute atomic E-state index is 13.5. The molecule has 0 spiro atoms. The van der Waals surface area contributed by atoms with Crippen LogP contribution in [-0.2, 0) is 4.74 Å². The van der Waals surface area contributed by atoms with E-state index in [1.54, 1.807) is 6.07 Å². The summed E-state index contributed by atoms with van der Waals surface area (Å²) >= 11 is 0. The zero-order valence-corrected chi connectivity index (χ0v) is 13.0. The number of anilines is 1. The molecule has 126 valence electrons. The van der Waals surface area contributed by atoms with Gasteiger partial charge < -0.3 is 14.6 Å². The van der Waals surface area contributed by atoms with E-state index in [-0.39, 0.29) is 11.9 Å². The number of aromatic nitrogens is 7. The molecule has 0 unspecified atom stereocenters. The monoisotopic (exact) mass is 340 g/mol. The van der Waals surface area contributed by atoms with Crippen LogP contribution in [0.1, 0.15) is 11.9 Å². The highest BCUT2D eigenvalue weighted by Crippen LogP contribution is 2.33. The minimum absolute atomic E-state index is 0.292. The van der Waals surface area contributed by atoms with Gasteiger partial charge in [-0.1, -0.05) is 5.21 Å². The minimum atomic E-state index is -0.294. The molecule has 0 bridgehead atoms. The Morgan fingerprint density at radius 3 is 3.12 bits per heavy atom. The highest BCUT2D eigenvalue weighted by molar-refractivity contribution is 6.11. The van der Waals surface area contributed by atoms with Gasteiger partial charge in [-0.25, -0.2) is 14.4 Å². The van der Waals surface area contributed by atoms with E-state index in [1.165, 1.54) is 18.5 Å². The molecule has 10 heteroatoms. The standard InChI is InChI=1S/C15H13FN8O/c16-8-1-2-9-10(5-8)19-14-12(9)15(18-7-17-14)24-3-4-25-11(6-24)13-20-22-23-21-13/h1-2,5,7,11H,3-4,6H2,(H,17,18,19)(H,20,21,22,23)/t11-/m1/s1. The molecule has 1 fully saturated rings. The number of fused-ring (bicyclic) bond motifs is 3. The zero-order valence-electron chi connectivity index (χ0n) is 13.0. The highest BCUT2D eigenvalue weighted by Gasteiger charge is 2.27. The Labute approximate surface area is 140 Å². The third kappa shape index (κ3) is 2.30. The lowest BCUT2D eigenvalue weighted by atomic mass is 10.1. The van der Waals surface area contributed by atoms with Gasteiger partial charge in [0.2, 0.25) is 5.82 Å². The predicted octanol–water partition coefficient (Wildman–Crippen LogP) is 1.34. The largest absolute Gasteiger partial charge is 0.366 e. The fourth-order valence-electron chi connectivity index (χ4n) is 3.23. The molecule has 1 atom stereocenters. The summed E-state index contributed by atoms with van der Waals surface area (Å²) in [7, 11) is 0.